The predicted molar refractivity (Wildman–Crippen MR) is 97.1 cm³/mol. The van der Waals surface area contributed by atoms with Gasteiger partial charge in [-0.25, -0.2) is 4.99 Å². The van der Waals surface area contributed by atoms with E-state index in [1.54, 1.807) is 0 Å². The molecule has 1 aliphatic heterocycles. The fraction of sp³-hybridized carbons (Fsp3) is 0.611. The molecule has 0 bridgehead atoms. The van der Waals surface area contributed by atoms with E-state index in [0.29, 0.717) is 12.5 Å². The first-order chi connectivity index (χ1) is 11.1. The summed E-state index contributed by atoms with van der Waals surface area (Å²) in [5.41, 5.74) is 2.44. The lowest BCUT2D eigenvalue weighted by atomic mass is 10.1. The Morgan fingerprint density at radius 3 is 2.57 bits per heavy atom. The number of hydrogen-bond acceptors (Lipinski definition) is 3. The molecule has 0 saturated carbocycles. The fourth-order valence-electron chi connectivity index (χ4n) is 2.74. The lowest BCUT2D eigenvalue weighted by Gasteiger charge is -2.24. The van der Waals surface area contributed by atoms with Crippen LogP contribution < -0.4 is 10.2 Å². The highest BCUT2D eigenvalue weighted by molar-refractivity contribution is 5.79. The number of nitrogens with one attached hydrogen (secondary N) is 1. The standard InChI is InChI=1S/C18H30N4O/c1-5-19-18(22(4)13-16-10-11-23-14-16)20-12-15-6-8-17(9-7-15)21(2)3/h6-9,16H,5,10-14H2,1-4H3,(H,19,20). The third-order valence-corrected chi connectivity index (χ3v) is 4.12. The quantitative estimate of drug-likeness (QED) is 0.645. The highest BCUT2D eigenvalue weighted by Crippen LogP contribution is 2.14. The Morgan fingerprint density at radius 1 is 1.26 bits per heavy atom. The average Bonchev–Trinajstić information content (AvgIpc) is 3.04. The predicted octanol–water partition coefficient (Wildman–Crippen LogP) is 2.19. The monoisotopic (exact) mass is 318 g/mol. The number of hydrogen-bond donors (Lipinski definition) is 1. The van der Waals surface area contributed by atoms with Crippen molar-refractivity contribution >= 4 is 11.6 Å². The number of aliphatic imine (C=N–C) groups is 1. The van der Waals surface area contributed by atoms with Crippen molar-refractivity contribution in [3.8, 4) is 0 Å². The molecule has 1 N–H and O–H groups in total. The zero-order valence-electron chi connectivity index (χ0n) is 14.9. The molecule has 1 fully saturated rings. The molecule has 0 spiro atoms. The minimum atomic E-state index is 0.614. The molecule has 1 unspecified atom stereocenters. The Hall–Kier alpha value is -1.75. The number of nitrogens with zero attached hydrogens (tertiary/aromatic N) is 3. The molecule has 0 radical (unpaired) electrons. The molecule has 5 heteroatoms. The minimum absolute atomic E-state index is 0.614. The van der Waals surface area contributed by atoms with E-state index in [2.05, 4.69) is 67.4 Å². The van der Waals surface area contributed by atoms with E-state index in [1.165, 1.54) is 11.3 Å². The second-order valence-electron chi connectivity index (χ2n) is 6.34. The van der Waals surface area contributed by atoms with E-state index in [0.717, 1.165) is 38.7 Å². The van der Waals surface area contributed by atoms with Gasteiger partial charge in [0.1, 0.15) is 0 Å². The summed E-state index contributed by atoms with van der Waals surface area (Å²) in [6.45, 7) is 6.44. The summed E-state index contributed by atoms with van der Waals surface area (Å²) in [6, 6.07) is 8.56. The van der Waals surface area contributed by atoms with Crippen LogP contribution in [0.4, 0.5) is 5.69 Å². The Morgan fingerprint density at radius 2 is 2.00 bits per heavy atom. The summed E-state index contributed by atoms with van der Waals surface area (Å²) in [6.07, 6.45) is 1.15. The van der Waals surface area contributed by atoms with E-state index in [1.807, 2.05) is 0 Å². The maximum absolute atomic E-state index is 5.47. The fourth-order valence-corrected chi connectivity index (χ4v) is 2.74. The van der Waals surface area contributed by atoms with Gasteiger partial charge in [-0.05, 0) is 31.0 Å². The maximum Gasteiger partial charge on any atom is 0.193 e. The van der Waals surface area contributed by atoms with E-state index in [4.69, 9.17) is 9.73 Å². The second kappa shape index (κ2) is 8.77. The zero-order valence-corrected chi connectivity index (χ0v) is 14.9. The molecule has 1 aromatic carbocycles. The summed E-state index contributed by atoms with van der Waals surface area (Å²) >= 11 is 0. The summed E-state index contributed by atoms with van der Waals surface area (Å²) in [5.74, 6) is 1.58. The SMILES string of the molecule is CCNC(=NCc1ccc(N(C)C)cc1)N(C)CC1CCOC1. The van der Waals surface area contributed by atoms with Crippen LogP contribution in [0.15, 0.2) is 29.3 Å². The first kappa shape index (κ1) is 17.6. The van der Waals surface area contributed by atoms with Crippen molar-refractivity contribution in [1.82, 2.24) is 10.2 Å². The van der Waals surface area contributed by atoms with Crippen LogP contribution in [0.3, 0.4) is 0 Å². The van der Waals surface area contributed by atoms with Crippen molar-refractivity contribution in [3.05, 3.63) is 29.8 Å². The topological polar surface area (TPSA) is 40.1 Å². The largest absolute Gasteiger partial charge is 0.381 e. The van der Waals surface area contributed by atoms with Crippen molar-refractivity contribution in [3.63, 3.8) is 0 Å². The van der Waals surface area contributed by atoms with E-state index < -0.39 is 0 Å². The highest BCUT2D eigenvalue weighted by Gasteiger charge is 2.18. The van der Waals surface area contributed by atoms with Gasteiger partial charge in [-0.15, -0.1) is 0 Å². The average molecular weight is 318 g/mol. The molecule has 1 saturated heterocycles. The molecular formula is C18H30N4O. The molecule has 0 aliphatic carbocycles. The number of guanidine groups is 1. The van der Waals surface area contributed by atoms with Crippen LogP contribution >= 0.6 is 0 Å². The summed E-state index contributed by atoms with van der Waals surface area (Å²) < 4.78 is 5.47. The number of ether oxygens (including phenoxy) is 1. The number of anilines is 1. The molecule has 1 aliphatic rings. The highest BCUT2D eigenvalue weighted by atomic mass is 16.5. The minimum Gasteiger partial charge on any atom is -0.381 e. The van der Waals surface area contributed by atoms with Crippen LogP contribution in [-0.2, 0) is 11.3 Å². The van der Waals surface area contributed by atoms with Gasteiger partial charge in [0.2, 0.25) is 0 Å². The lowest BCUT2D eigenvalue weighted by Crippen LogP contribution is -2.41. The molecule has 5 nitrogen and oxygen atoms in total. The van der Waals surface area contributed by atoms with Crippen LogP contribution in [0.25, 0.3) is 0 Å². The van der Waals surface area contributed by atoms with Crippen LogP contribution in [0.5, 0.6) is 0 Å². The van der Waals surface area contributed by atoms with Gasteiger partial charge in [0, 0.05) is 52.4 Å². The molecule has 1 heterocycles. The van der Waals surface area contributed by atoms with Crippen molar-refractivity contribution in [1.29, 1.82) is 0 Å². The van der Waals surface area contributed by atoms with Gasteiger partial charge in [0.25, 0.3) is 0 Å². The molecule has 128 valence electrons. The van der Waals surface area contributed by atoms with Gasteiger partial charge in [0.15, 0.2) is 5.96 Å². The van der Waals surface area contributed by atoms with Crippen LogP contribution in [-0.4, -0.2) is 58.3 Å². The third-order valence-electron chi connectivity index (χ3n) is 4.12. The zero-order chi connectivity index (χ0) is 16.7. The van der Waals surface area contributed by atoms with Gasteiger partial charge < -0.3 is 19.9 Å². The lowest BCUT2D eigenvalue weighted by molar-refractivity contribution is 0.181. The van der Waals surface area contributed by atoms with Crippen molar-refractivity contribution in [2.75, 3.05) is 52.3 Å². The summed E-state index contributed by atoms with van der Waals surface area (Å²) in [4.78, 5) is 9.10. The van der Waals surface area contributed by atoms with E-state index >= 15 is 0 Å². The van der Waals surface area contributed by atoms with E-state index in [9.17, 15) is 0 Å². The summed E-state index contributed by atoms with van der Waals surface area (Å²) in [7, 11) is 6.21. The molecule has 23 heavy (non-hydrogen) atoms. The van der Waals surface area contributed by atoms with Crippen molar-refractivity contribution in [2.24, 2.45) is 10.9 Å². The van der Waals surface area contributed by atoms with Crippen LogP contribution in [0.1, 0.15) is 18.9 Å². The Balaban J connectivity index is 1.96. The van der Waals surface area contributed by atoms with Crippen LogP contribution in [0.2, 0.25) is 0 Å². The number of benzene rings is 1. The van der Waals surface area contributed by atoms with Crippen molar-refractivity contribution < 1.29 is 4.74 Å². The van der Waals surface area contributed by atoms with Crippen LogP contribution in [0, 0.1) is 5.92 Å². The molecular weight excluding hydrogens is 288 g/mol. The molecule has 1 atom stereocenters. The first-order valence-electron chi connectivity index (χ1n) is 8.43. The van der Waals surface area contributed by atoms with Gasteiger partial charge >= 0.3 is 0 Å². The normalized spacial score (nSPS) is 18.1. The van der Waals surface area contributed by atoms with Gasteiger partial charge in [-0.1, -0.05) is 12.1 Å². The molecule has 0 aromatic heterocycles. The third kappa shape index (κ3) is 5.43. The smallest absolute Gasteiger partial charge is 0.193 e. The van der Waals surface area contributed by atoms with Gasteiger partial charge in [-0.2, -0.15) is 0 Å². The van der Waals surface area contributed by atoms with Gasteiger partial charge in [0.05, 0.1) is 13.2 Å². The maximum atomic E-state index is 5.47. The summed E-state index contributed by atoms with van der Waals surface area (Å²) in [5, 5.41) is 3.38. The molecule has 1 aromatic rings. The Kier molecular flexibility index (Phi) is 6.71. The first-order valence-corrected chi connectivity index (χ1v) is 8.43. The number of rotatable bonds is 6. The Labute approximate surface area is 140 Å². The van der Waals surface area contributed by atoms with Gasteiger partial charge in [-0.3, -0.25) is 0 Å². The van der Waals surface area contributed by atoms with Crippen molar-refractivity contribution in [2.45, 2.75) is 19.9 Å². The van der Waals surface area contributed by atoms with E-state index in [-0.39, 0.29) is 0 Å². The second-order valence-corrected chi connectivity index (χ2v) is 6.34. The molecule has 0 amide bonds. The Bertz CT molecular complexity index is 492. The molecule has 2 rings (SSSR count).